The molecule has 2 N–H and O–H groups in total. The number of aromatic nitrogens is 1. The summed E-state index contributed by atoms with van der Waals surface area (Å²) in [6, 6.07) is 3.31. The van der Waals surface area contributed by atoms with Crippen LogP contribution in [0, 0.1) is 0 Å². The molecule has 108 valence electrons. The second-order valence-electron chi connectivity index (χ2n) is 4.94. The van der Waals surface area contributed by atoms with Gasteiger partial charge in [-0.1, -0.05) is 30.9 Å². The number of nitrogens with zero attached hydrogens (tertiary/aromatic N) is 1. The summed E-state index contributed by atoms with van der Waals surface area (Å²) in [5.74, 6) is -0.557. The third-order valence-corrected chi connectivity index (χ3v) is 3.57. The maximum absolute atomic E-state index is 11.8. The molecule has 5 nitrogen and oxygen atoms in total. The fourth-order valence-electron chi connectivity index (χ4n) is 2.31. The first-order valence-corrected chi connectivity index (χ1v) is 7.22. The summed E-state index contributed by atoms with van der Waals surface area (Å²) in [7, 11) is 0. The standard InChI is InChI=1S/C14H18ClN3O2/c15-10-6-7-16-12(8-10)14(20)17-9-13(19)18-11-4-2-1-3-5-11/h6-8,11H,1-5,9H2,(H,17,20)(H,18,19). The van der Waals surface area contributed by atoms with Crippen LogP contribution in [0.3, 0.4) is 0 Å². The van der Waals surface area contributed by atoms with E-state index in [1.54, 1.807) is 6.07 Å². The zero-order valence-electron chi connectivity index (χ0n) is 11.2. The highest BCUT2D eigenvalue weighted by Gasteiger charge is 2.16. The Balaban J connectivity index is 1.76. The van der Waals surface area contributed by atoms with E-state index in [2.05, 4.69) is 15.6 Å². The second-order valence-corrected chi connectivity index (χ2v) is 5.38. The van der Waals surface area contributed by atoms with Crippen molar-refractivity contribution in [1.29, 1.82) is 0 Å². The van der Waals surface area contributed by atoms with Crippen molar-refractivity contribution in [2.75, 3.05) is 6.54 Å². The minimum absolute atomic E-state index is 0.0382. The lowest BCUT2D eigenvalue weighted by Gasteiger charge is -2.22. The number of hydrogen-bond donors (Lipinski definition) is 2. The molecule has 1 heterocycles. The predicted octanol–water partition coefficient (Wildman–Crippen LogP) is 1.91. The Morgan fingerprint density at radius 2 is 2.05 bits per heavy atom. The van der Waals surface area contributed by atoms with E-state index in [-0.39, 0.29) is 24.2 Å². The average molecular weight is 296 g/mol. The molecule has 0 spiro atoms. The van der Waals surface area contributed by atoms with Gasteiger partial charge in [-0.15, -0.1) is 0 Å². The second kappa shape index (κ2) is 7.24. The smallest absolute Gasteiger partial charge is 0.270 e. The molecule has 2 amide bonds. The third-order valence-electron chi connectivity index (χ3n) is 3.33. The van der Waals surface area contributed by atoms with Gasteiger partial charge in [0.15, 0.2) is 0 Å². The Hall–Kier alpha value is -1.62. The molecule has 2 rings (SSSR count). The van der Waals surface area contributed by atoms with Crippen LogP contribution in [0.2, 0.25) is 5.02 Å². The third kappa shape index (κ3) is 4.49. The monoisotopic (exact) mass is 295 g/mol. The van der Waals surface area contributed by atoms with Gasteiger partial charge in [0, 0.05) is 17.3 Å². The van der Waals surface area contributed by atoms with Gasteiger partial charge >= 0.3 is 0 Å². The van der Waals surface area contributed by atoms with E-state index in [0.717, 1.165) is 25.7 Å². The van der Waals surface area contributed by atoms with Crippen molar-refractivity contribution < 1.29 is 9.59 Å². The molecule has 1 saturated carbocycles. The normalized spacial score (nSPS) is 15.7. The maximum atomic E-state index is 11.8. The van der Waals surface area contributed by atoms with Crippen molar-refractivity contribution in [1.82, 2.24) is 15.6 Å². The topological polar surface area (TPSA) is 71.1 Å². The van der Waals surface area contributed by atoms with Gasteiger partial charge in [0.2, 0.25) is 5.91 Å². The molecule has 0 aromatic carbocycles. The molecule has 0 atom stereocenters. The Labute approximate surface area is 123 Å². The molecule has 1 aliphatic rings. The van der Waals surface area contributed by atoms with Gasteiger partial charge in [0.25, 0.3) is 5.91 Å². The quantitative estimate of drug-likeness (QED) is 0.891. The van der Waals surface area contributed by atoms with Crippen LogP contribution in [0.25, 0.3) is 0 Å². The summed E-state index contributed by atoms with van der Waals surface area (Å²) in [6.07, 6.45) is 7.06. The van der Waals surface area contributed by atoms with E-state index in [1.807, 2.05) is 0 Å². The van der Waals surface area contributed by atoms with E-state index < -0.39 is 5.91 Å². The maximum Gasteiger partial charge on any atom is 0.270 e. The van der Waals surface area contributed by atoms with E-state index in [9.17, 15) is 9.59 Å². The SMILES string of the molecule is O=C(CNC(=O)c1cc(Cl)ccn1)NC1CCCCC1. The predicted molar refractivity (Wildman–Crippen MR) is 76.6 cm³/mol. The van der Waals surface area contributed by atoms with Crippen LogP contribution < -0.4 is 10.6 Å². The Morgan fingerprint density at radius 1 is 1.30 bits per heavy atom. The van der Waals surface area contributed by atoms with Crippen molar-refractivity contribution in [3.63, 3.8) is 0 Å². The van der Waals surface area contributed by atoms with Gasteiger partial charge in [0.05, 0.1) is 6.54 Å². The number of halogens is 1. The number of amides is 2. The van der Waals surface area contributed by atoms with Crippen LogP contribution in [0.5, 0.6) is 0 Å². The Bertz CT molecular complexity index is 487. The lowest BCUT2D eigenvalue weighted by molar-refractivity contribution is -0.121. The minimum atomic E-state index is -0.397. The van der Waals surface area contributed by atoms with E-state index >= 15 is 0 Å². The molecular weight excluding hydrogens is 278 g/mol. The number of carbonyl (C=O) groups is 2. The van der Waals surface area contributed by atoms with Crippen molar-refractivity contribution in [2.45, 2.75) is 38.1 Å². The van der Waals surface area contributed by atoms with Crippen molar-refractivity contribution in [3.05, 3.63) is 29.0 Å². The number of pyridine rings is 1. The Kier molecular flexibility index (Phi) is 5.35. The molecule has 20 heavy (non-hydrogen) atoms. The lowest BCUT2D eigenvalue weighted by Crippen LogP contribution is -2.42. The van der Waals surface area contributed by atoms with Gasteiger partial charge in [-0.25, -0.2) is 0 Å². The highest BCUT2D eigenvalue weighted by Crippen LogP contribution is 2.17. The van der Waals surface area contributed by atoms with E-state index in [4.69, 9.17) is 11.6 Å². The molecule has 1 fully saturated rings. The van der Waals surface area contributed by atoms with Gasteiger partial charge in [-0.05, 0) is 25.0 Å². The number of nitrogens with one attached hydrogen (secondary N) is 2. The molecule has 0 aliphatic heterocycles. The largest absolute Gasteiger partial charge is 0.352 e. The first-order chi connectivity index (χ1) is 9.65. The van der Waals surface area contributed by atoms with E-state index in [0.29, 0.717) is 5.02 Å². The zero-order valence-corrected chi connectivity index (χ0v) is 11.9. The molecule has 6 heteroatoms. The summed E-state index contributed by atoms with van der Waals surface area (Å²) in [6.45, 7) is -0.0382. The van der Waals surface area contributed by atoms with Gasteiger partial charge in [-0.3, -0.25) is 14.6 Å². The first-order valence-electron chi connectivity index (χ1n) is 6.84. The number of carbonyl (C=O) groups excluding carboxylic acids is 2. The first kappa shape index (κ1) is 14.8. The Morgan fingerprint density at radius 3 is 2.75 bits per heavy atom. The van der Waals surface area contributed by atoms with Crippen LogP contribution in [0.15, 0.2) is 18.3 Å². The molecule has 0 saturated heterocycles. The molecule has 1 aromatic heterocycles. The van der Waals surface area contributed by atoms with Crippen LogP contribution in [-0.2, 0) is 4.79 Å². The highest BCUT2D eigenvalue weighted by atomic mass is 35.5. The fraction of sp³-hybridized carbons (Fsp3) is 0.500. The fourth-order valence-corrected chi connectivity index (χ4v) is 2.47. The number of hydrogen-bond acceptors (Lipinski definition) is 3. The molecule has 0 bridgehead atoms. The molecule has 1 aliphatic carbocycles. The van der Waals surface area contributed by atoms with Gasteiger partial charge in [-0.2, -0.15) is 0 Å². The van der Waals surface area contributed by atoms with E-state index in [1.165, 1.54) is 18.7 Å². The molecule has 0 radical (unpaired) electrons. The van der Waals surface area contributed by atoms with Gasteiger partial charge < -0.3 is 10.6 Å². The van der Waals surface area contributed by atoms with Crippen molar-refractivity contribution >= 4 is 23.4 Å². The van der Waals surface area contributed by atoms with Crippen LogP contribution in [0.1, 0.15) is 42.6 Å². The molecule has 1 aromatic rings. The van der Waals surface area contributed by atoms with Gasteiger partial charge in [0.1, 0.15) is 5.69 Å². The highest BCUT2D eigenvalue weighted by molar-refractivity contribution is 6.30. The summed E-state index contributed by atoms with van der Waals surface area (Å²) in [4.78, 5) is 27.4. The zero-order chi connectivity index (χ0) is 14.4. The molecule has 0 unspecified atom stereocenters. The van der Waals surface area contributed by atoms with Crippen LogP contribution in [0.4, 0.5) is 0 Å². The average Bonchev–Trinajstić information content (AvgIpc) is 2.46. The summed E-state index contributed by atoms with van der Waals surface area (Å²) in [5.41, 5.74) is 0.211. The van der Waals surface area contributed by atoms with Crippen molar-refractivity contribution in [3.8, 4) is 0 Å². The van der Waals surface area contributed by atoms with Crippen LogP contribution >= 0.6 is 11.6 Å². The lowest BCUT2D eigenvalue weighted by atomic mass is 9.95. The minimum Gasteiger partial charge on any atom is -0.352 e. The molecular formula is C14H18ClN3O2. The summed E-state index contributed by atoms with van der Waals surface area (Å²) >= 11 is 5.78. The summed E-state index contributed by atoms with van der Waals surface area (Å²) in [5, 5.41) is 5.92. The van der Waals surface area contributed by atoms with Crippen molar-refractivity contribution in [2.24, 2.45) is 0 Å². The van der Waals surface area contributed by atoms with Crippen LogP contribution in [-0.4, -0.2) is 29.4 Å². The summed E-state index contributed by atoms with van der Waals surface area (Å²) < 4.78 is 0. The number of rotatable bonds is 4.